The molecular formula is C28H38N4O2. The lowest BCUT2D eigenvalue weighted by Crippen LogP contribution is -2.21. The molecule has 2 aliphatic rings. The number of carbonyl (C=O) groups is 1. The van der Waals surface area contributed by atoms with Gasteiger partial charge in [-0.15, -0.1) is 0 Å². The van der Waals surface area contributed by atoms with E-state index in [4.69, 9.17) is 9.72 Å². The summed E-state index contributed by atoms with van der Waals surface area (Å²) in [4.78, 5) is 22.9. The van der Waals surface area contributed by atoms with Crippen LogP contribution in [-0.4, -0.2) is 33.5 Å². The highest BCUT2D eigenvalue weighted by Crippen LogP contribution is 2.35. The van der Waals surface area contributed by atoms with E-state index in [1.54, 1.807) is 7.11 Å². The zero-order valence-electron chi connectivity index (χ0n) is 21.0. The molecule has 1 saturated carbocycles. The standard InChI is InChI=1S/C28H38N4O2/c1-6-9-19(3)26(33)25-16-22-17-29-28(31-27(22)32(25)24-10-7-8-11-24)30-23-13-12-21(20(4)34-5)14-18(2)15-23/h12-14,16-19,23-24H,4,6-11,15H2,1-3,5H3,(H,29,30,31). The largest absolute Gasteiger partial charge is 0.497 e. The van der Waals surface area contributed by atoms with E-state index in [0.717, 1.165) is 54.4 Å². The maximum Gasteiger partial charge on any atom is 0.225 e. The number of hydrogen-bond donors (Lipinski definition) is 1. The van der Waals surface area contributed by atoms with Crippen molar-refractivity contribution in [2.24, 2.45) is 11.8 Å². The van der Waals surface area contributed by atoms with E-state index >= 15 is 0 Å². The quantitative estimate of drug-likeness (QED) is 0.335. The number of methoxy groups -OCH3 is 1. The van der Waals surface area contributed by atoms with Crippen LogP contribution < -0.4 is 5.32 Å². The minimum atomic E-state index is 0.0150. The molecule has 0 amide bonds. The summed E-state index contributed by atoms with van der Waals surface area (Å²) < 4.78 is 7.54. The van der Waals surface area contributed by atoms with E-state index in [1.165, 1.54) is 12.8 Å². The summed E-state index contributed by atoms with van der Waals surface area (Å²) >= 11 is 0. The molecule has 1 fully saturated rings. The highest BCUT2D eigenvalue weighted by atomic mass is 16.5. The van der Waals surface area contributed by atoms with Crippen LogP contribution in [0, 0.1) is 11.8 Å². The number of nitrogens with one attached hydrogen (secondary N) is 1. The van der Waals surface area contributed by atoms with Crippen LogP contribution in [0.2, 0.25) is 0 Å². The minimum absolute atomic E-state index is 0.0150. The SMILES string of the molecule is C=C(OC)C1=CC(C)CC(Nc2ncc3cc(C(=O)C(C)CCC)n(C4CCCC4)c3n2)C=C1. The van der Waals surface area contributed by atoms with Crippen LogP contribution in [0.25, 0.3) is 11.0 Å². The first-order valence-corrected chi connectivity index (χ1v) is 12.7. The van der Waals surface area contributed by atoms with Crippen molar-refractivity contribution in [2.45, 2.75) is 77.8 Å². The first kappa shape index (κ1) is 24.2. The van der Waals surface area contributed by atoms with Crippen LogP contribution in [0.3, 0.4) is 0 Å². The molecule has 0 radical (unpaired) electrons. The monoisotopic (exact) mass is 462 g/mol. The smallest absolute Gasteiger partial charge is 0.225 e. The summed E-state index contributed by atoms with van der Waals surface area (Å²) in [6.45, 7) is 10.4. The van der Waals surface area contributed by atoms with Gasteiger partial charge in [0.25, 0.3) is 0 Å². The highest BCUT2D eigenvalue weighted by Gasteiger charge is 2.28. The molecule has 182 valence electrons. The molecule has 3 atom stereocenters. The molecule has 2 heterocycles. The summed E-state index contributed by atoms with van der Waals surface area (Å²) in [5, 5.41) is 4.45. The van der Waals surface area contributed by atoms with Gasteiger partial charge in [0.2, 0.25) is 5.95 Å². The third-order valence-electron chi connectivity index (χ3n) is 7.17. The van der Waals surface area contributed by atoms with E-state index in [-0.39, 0.29) is 17.7 Å². The molecule has 6 heteroatoms. The molecule has 34 heavy (non-hydrogen) atoms. The van der Waals surface area contributed by atoms with Gasteiger partial charge in [-0.1, -0.05) is 64.8 Å². The predicted octanol–water partition coefficient (Wildman–Crippen LogP) is 6.63. The molecule has 0 aromatic carbocycles. The lowest BCUT2D eigenvalue weighted by atomic mass is 9.98. The highest BCUT2D eigenvalue weighted by molar-refractivity contribution is 6.00. The average molecular weight is 463 g/mol. The second kappa shape index (κ2) is 10.6. The number of nitrogens with zero attached hydrogens (tertiary/aromatic N) is 3. The van der Waals surface area contributed by atoms with Gasteiger partial charge in [-0.05, 0) is 37.7 Å². The molecule has 0 bridgehead atoms. The van der Waals surface area contributed by atoms with E-state index in [2.05, 4.69) is 53.5 Å². The van der Waals surface area contributed by atoms with Crippen LogP contribution in [0.5, 0.6) is 0 Å². The lowest BCUT2D eigenvalue weighted by Gasteiger charge is -2.19. The van der Waals surface area contributed by atoms with Gasteiger partial charge in [0.1, 0.15) is 11.4 Å². The van der Waals surface area contributed by atoms with Crippen LogP contribution in [-0.2, 0) is 4.74 Å². The first-order valence-electron chi connectivity index (χ1n) is 12.7. The fourth-order valence-electron chi connectivity index (χ4n) is 5.32. The zero-order chi connectivity index (χ0) is 24.2. The Kier molecular flexibility index (Phi) is 7.54. The number of aromatic nitrogens is 3. The fourth-order valence-corrected chi connectivity index (χ4v) is 5.32. The lowest BCUT2D eigenvalue weighted by molar-refractivity contribution is 0.0912. The van der Waals surface area contributed by atoms with Crippen molar-refractivity contribution in [1.82, 2.24) is 14.5 Å². The van der Waals surface area contributed by atoms with Crippen molar-refractivity contribution >= 4 is 22.8 Å². The number of hydrogen-bond acceptors (Lipinski definition) is 5. The van der Waals surface area contributed by atoms with Crippen LogP contribution in [0.1, 0.15) is 82.2 Å². The Morgan fingerprint density at radius 3 is 2.82 bits per heavy atom. The van der Waals surface area contributed by atoms with Crippen molar-refractivity contribution in [2.75, 3.05) is 12.4 Å². The molecule has 6 nitrogen and oxygen atoms in total. The van der Waals surface area contributed by atoms with E-state index < -0.39 is 0 Å². The van der Waals surface area contributed by atoms with Crippen LogP contribution in [0.15, 0.2) is 48.4 Å². The Hall–Kier alpha value is -2.89. The van der Waals surface area contributed by atoms with E-state index in [9.17, 15) is 4.79 Å². The molecule has 3 unspecified atom stereocenters. The molecule has 4 rings (SSSR count). The number of ether oxygens (including phenoxy) is 1. The number of carbonyl (C=O) groups excluding carboxylic acids is 1. The summed E-state index contributed by atoms with van der Waals surface area (Å²) in [6, 6.07) is 2.43. The zero-order valence-corrected chi connectivity index (χ0v) is 21.0. The molecule has 2 aromatic heterocycles. The normalized spacial score (nSPS) is 21.8. The first-order chi connectivity index (χ1) is 16.4. The van der Waals surface area contributed by atoms with Crippen LogP contribution >= 0.6 is 0 Å². The Morgan fingerprint density at radius 1 is 1.35 bits per heavy atom. The van der Waals surface area contributed by atoms with Gasteiger partial charge in [-0.2, -0.15) is 4.98 Å². The Bertz CT molecular complexity index is 1110. The van der Waals surface area contributed by atoms with Gasteiger partial charge in [-0.25, -0.2) is 4.98 Å². The molecule has 0 aliphatic heterocycles. The predicted molar refractivity (Wildman–Crippen MR) is 138 cm³/mol. The van der Waals surface area contributed by atoms with Crippen molar-refractivity contribution in [3.63, 3.8) is 0 Å². The third kappa shape index (κ3) is 5.11. The Balaban J connectivity index is 1.65. The second-order valence-corrected chi connectivity index (χ2v) is 9.94. The average Bonchev–Trinajstić information content (AvgIpc) is 3.43. The van der Waals surface area contributed by atoms with Gasteiger partial charge < -0.3 is 14.6 Å². The summed E-state index contributed by atoms with van der Waals surface area (Å²) in [5.41, 5.74) is 2.67. The maximum absolute atomic E-state index is 13.4. The van der Waals surface area contributed by atoms with Crippen molar-refractivity contribution in [3.05, 3.63) is 54.1 Å². The minimum Gasteiger partial charge on any atom is -0.497 e. The summed E-state index contributed by atoms with van der Waals surface area (Å²) in [7, 11) is 1.65. The number of ketones is 1. The fraction of sp³-hybridized carbons (Fsp3) is 0.536. The van der Waals surface area contributed by atoms with Crippen molar-refractivity contribution < 1.29 is 9.53 Å². The number of Topliss-reactive ketones (excluding diaryl/α,β-unsaturated/α-hetero) is 1. The number of allylic oxidation sites excluding steroid dienone is 2. The number of rotatable bonds is 9. The third-order valence-corrected chi connectivity index (χ3v) is 7.17. The summed E-state index contributed by atoms with van der Waals surface area (Å²) in [6.07, 6.45) is 15.7. The Labute approximate surface area is 203 Å². The van der Waals surface area contributed by atoms with Crippen LogP contribution in [0.4, 0.5) is 5.95 Å². The second-order valence-electron chi connectivity index (χ2n) is 9.94. The van der Waals surface area contributed by atoms with Gasteiger partial charge in [0.05, 0.1) is 12.8 Å². The molecule has 0 saturated heterocycles. The molecular weight excluding hydrogens is 424 g/mol. The van der Waals surface area contributed by atoms with Gasteiger partial charge in [0, 0.05) is 35.2 Å². The van der Waals surface area contributed by atoms with E-state index in [0.29, 0.717) is 23.7 Å². The Morgan fingerprint density at radius 2 is 2.12 bits per heavy atom. The topological polar surface area (TPSA) is 69.0 Å². The maximum atomic E-state index is 13.4. The summed E-state index contributed by atoms with van der Waals surface area (Å²) in [5.74, 6) is 1.86. The molecule has 0 spiro atoms. The van der Waals surface area contributed by atoms with Crippen molar-refractivity contribution in [3.8, 4) is 0 Å². The number of fused-ring (bicyclic) bond motifs is 1. The number of anilines is 1. The van der Waals surface area contributed by atoms with Gasteiger partial charge in [0.15, 0.2) is 5.78 Å². The molecule has 2 aliphatic carbocycles. The van der Waals surface area contributed by atoms with E-state index in [1.807, 2.05) is 19.2 Å². The van der Waals surface area contributed by atoms with Gasteiger partial charge >= 0.3 is 0 Å². The van der Waals surface area contributed by atoms with Crippen molar-refractivity contribution in [1.29, 1.82) is 0 Å². The molecule has 1 N–H and O–H groups in total. The van der Waals surface area contributed by atoms with Gasteiger partial charge in [-0.3, -0.25) is 4.79 Å². The molecule has 2 aromatic rings.